The van der Waals surface area contributed by atoms with Gasteiger partial charge in [0.05, 0.1) is 0 Å². The summed E-state index contributed by atoms with van der Waals surface area (Å²) in [5.74, 6) is 0. The molecule has 0 aromatic heterocycles. The fourth-order valence-corrected chi connectivity index (χ4v) is 1.65. The molecule has 8 heavy (non-hydrogen) atoms. The van der Waals surface area contributed by atoms with Crippen LogP contribution in [0.3, 0.4) is 0 Å². The predicted molar refractivity (Wildman–Crippen MR) is 29.3 cm³/mol. The molecule has 0 spiro atoms. The smallest absolute Gasteiger partial charge is 0.649 e. The monoisotopic (exact) mass is 160 g/mol. The normalized spacial score (nSPS) is 19.6. The minimum absolute atomic E-state index is 0. The Morgan fingerprint density at radius 1 is 1.38 bits per heavy atom. The van der Waals surface area contributed by atoms with Crippen LogP contribution in [-0.2, 0) is 20.5 Å². The molecule has 1 fully saturated rings. The van der Waals surface area contributed by atoms with E-state index in [2.05, 4.69) is 11.7 Å². The van der Waals surface area contributed by atoms with Crippen molar-refractivity contribution in [2.75, 3.05) is 0 Å². The quantitative estimate of drug-likeness (QED) is 0.233. The predicted octanol–water partition coefficient (Wildman–Crippen LogP) is -2.97. The van der Waals surface area contributed by atoms with Gasteiger partial charge in [0.1, 0.15) is 0 Å². The third-order valence-corrected chi connectivity index (χ3v) is 3.04. The van der Waals surface area contributed by atoms with Gasteiger partial charge in [-0.15, -0.1) is 0 Å². The summed E-state index contributed by atoms with van der Waals surface area (Å²) in [5, 5.41) is -0.164. The molecule has 1 rings (SSSR count). The van der Waals surface area contributed by atoms with Crippen LogP contribution in [0, 0.1) is 0 Å². The summed E-state index contributed by atoms with van der Waals surface area (Å²) in [7, 11) is -3.05. The van der Waals surface area contributed by atoms with Crippen LogP contribution in [0.2, 0.25) is 0 Å². The maximum Gasteiger partial charge on any atom is 1.00 e. The molecule has 0 N–H and O–H groups in total. The minimum atomic E-state index is -3.05. The fourth-order valence-electron chi connectivity index (χ4n) is 0.357. The Labute approximate surface area is 76.1 Å². The van der Waals surface area contributed by atoms with Crippen LogP contribution in [-0.4, -0.2) is 13.7 Å². The van der Waals surface area contributed by atoms with Crippen molar-refractivity contribution in [2.24, 2.45) is 0 Å². The Hall–Kier alpha value is 1.30. The summed E-state index contributed by atoms with van der Waals surface area (Å²) in [6.45, 7) is 0. The Kier molecular flexibility index (Phi) is 3.40. The molecule has 0 aliphatic heterocycles. The molecule has 0 atom stereocenters. The summed E-state index contributed by atoms with van der Waals surface area (Å²) < 4.78 is 20.4. The average molecular weight is 160 g/mol. The van der Waals surface area contributed by atoms with Crippen molar-refractivity contribution in [2.45, 2.75) is 18.1 Å². The molecule has 0 amide bonds. The minimum Gasteiger partial charge on any atom is -0.649 e. The molecule has 0 saturated heterocycles. The van der Waals surface area contributed by atoms with Crippen LogP contribution in [0.4, 0.5) is 0 Å². The second-order valence-corrected chi connectivity index (χ2v) is 4.74. The van der Waals surface area contributed by atoms with Crippen LogP contribution in [0.15, 0.2) is 0 Å². The van der Waals surface area contributed by atoms with Gasteiger partial charge in [0.2, 0.25) is 0 Å². The molecule has 1 aliphatic rings. The first-order chi connectivity index (χ1) is 3.11. The van der Waals surface area contributed by atoms with Gasteiger partial charge in [-0.3, -0.25) is 8.42 Å². The van der Waals surface area contributed by atoms with E-state index in [1.807, 2.05) is 0 Å². The van der Waals surface area contributed by atoms with E-state index in [1.54, 1.807) is 0 Å². The molecule has 0 heterocycles. The summed E-state index contributed by atoms with van der Waals surface area (Å²) in [4.78, 5) is 0. The molecule has 42 valence electrons. The molecule has 5 heteroatoms. The van der Waals surface area contributed by atoms with Crippen molar-refractivity contribution < 1.29 is 38.0 Å². The van der Waals surface area contributed by atoms with Crippen LogP contribution in [0.25, 0.3) is 0 Å². The molecule has 1 saturated carbocycles. The summed E-state index contributed by atoms with van der Waals surface area (Å²) in [6, 6.07) is 0. The van der Waals surface area contributed by atoms with Gasteiger partial charge < -0.3 is 11.7 Å². The molecule has 2 nitrogen and oxygen atoms in total. The van der Waals surface area contributed by atoms with E-state index >= 15 is 0 Å². The van der Waals surface area contributed by atoms with E-state index in [0.29, 0.717) is 0 Å². The summed E-state index contributed by atoms with van der Waals surface area (Å²) >= 11 is 4.14. The van der Waals surface area contributed by atoms with Crippen LogP contribution in [0.5, 0.6) is 0 Å². The van der Waals surface area contributed by atoms with E-state index in [0.717, 1.165) is 12.8 Å². The first-order valence-corrected chi connectivity index (χ1v) is 4.52. The van der Waals surface area contributed by atoms with E-state index in [4.69, 9.17) is 0 Å². The van der Waals surface area contributed by atoms with E-state index < -0.39 is 8.87 Å². The van der Waals surface area contributed by atoms with Crippen LogP contribution in [0.1, 0.15) is 12.8 Å². The molecule has 0 radical (unpaired) electrons. The number of hydrogen-bond acceptors (Lipinski definition) is 3. The second-order valence-electron chi connectivity index (χ2n) is 1.69. The van der Waals surface area contributed by atoms with Crippen LogP contribution >= 0.6 is 0 Å². The fraction of sp³-hybridized carbons (Fsp3) is 1.00. The molecule has 1 aliphatic carbocycles. The number of rotatable bonds is 1. The topological polar surface area (TPSA) is 34.1 Å². The van der Waals surface area contributed by atoms with Gasteiger partial charge in [0, 0.05) is 14.1 Å². The zero-order valence-corrected chi connectivity index (χ0v) is 8.26. The van der Waals surface area contributed by atoms with Crippen molar-refractivity contribution in [3.63, 3.8) is 0 Å². The third kappa shape index (κ3) is 2.73. The van der Waals surface area contributed by atoms with Crippen molar-refractivity contribution in [3.05, 3.63) is 0 Å². The molecular formula is C3H5NaO2S2. The third-order valence-electron chi connectivity index (χ3n) is 0.933. The van der Waals surface area contributed by atoms with Gasteiger partial charge >= 0.3 is 29.6 Å². The van der Waals surface area contributed by atoms with Gasteiger partial charge in [-0.05, 0) is 12.8 Å². The molecule has 0 aromatic rings. The van der Waals surface area contributed by atoms with Crippen molar-refractivity contribution in [1.82, 2.24) is 0 Å². The van der Waals surface area contributed by atoms with Gasteiger partial charge in [-0.1, -0.05) is 0 Å². The average Bonchev–Trinajstić information content (AvgIpc) is 1.99. The second kappa shape index (κ2) is 2.92. The zero-order chi connectivity index (χ0) is 5.49. The van der Waals surface area contributed by atoms with Crippen LogP contribution < -0.4 is 29.6 Å². The van der Waals surface area contributed by atoms with Gasteiger partial charge in [0.15, 0.2) is 0 Å². The molecular weight excluding hydrogens is 155 g/mol. The van der Waals surface area contributed by atoms with Crippen molar-refractivity contribution in [1.29, 1.82) is 0 Å². The first kappa shape index (κ1) is 9.30. The number of hydrogen-bond donors (Lipinski definition) is 0. The van der Waals surface area contributed by atoms with Gasteiger partial charge in [-0.25, -0.2) is 0 Å². The van der Waals surface area contributed by atoms with Crippen molar-refractivity contribution in [3.8, 4) is 0 Å². The largest absolute Gasteiger partial charge is 1.00 e. The van der Waals surface area contributed by atoms with E-state index in [9.17, 15) is 8.42 Å². The van der Waals surface area contributed by atoms with E-state index in [1.165, 1.54) is 0 Å². The molecule has 0 unspecified atom stereocenters. The maximum atomic E-state index is 10.2. The van der Waals surface area contributed by atoms with Crippen molar-refractivity contribution >= 4 is 20.5 Å². The molecule has 0 bridgehead atoms. The molecule has 0 aromatic carbocycles. The summed E-state index contributed by atoms with van der Waals surface area (Å²) in [5.41, 5.74) is 0. The standard InChI is InChI=1S/C3H6O2S2.Na/c4-7(5,6)3-1-2-3;/h3H,1-2H2,(H,4,5,6);/q;+1/p-1. The van der Waals surface area contributed by atoms with Gasteiger partial charge in [0.25, 0.3) is 0 Å². The van der Waals surface area contributed by atoms with E-state index in [-0.39, 0.29) is 34.8 Å². The Balaban J connectivity index is 0.000000490. The van der Waals surface area contributed by atoms with Gasteiger partial charge in [-0.2, -0.15) is 0 Å². The Morgan fingerprint density at radius 3 is 1.75 bits per heavy atom. The zero-order valence-electron chi connectivity index (χ0n) is 4.62. The maximum absolute atomic E-state index is 10.2. The SMILES string of the molecule is O=S(=O)([S-])C1CC1.[Na+]. The Morgan fingerprint density at radius 2 is 1.75 bits per heavy atom. The Bertz CT molecular complexity index is 158. The summed E-state index contributed by atoms with van der Waals surface area (Å²) in [6.07, 6.45) is 1.57. The first-order valence-electron chi connectivity index (χ1n) is 2.05.